The molecule has 0 saturated heterocycles. The van der Waals surface area contributed by atoms with E-state index in [4.69, 9.17) is 24.4 Å². The molecule has 4 bridgehead atoms. The molecule has 1 N–H and O–H groups in total. The van der Waals surface area contributed by atoms with Crippen LogP contribution in [0.25, 0.3) is 0 Å². The van der Waals surface area contributed by atoms with Crippen molar-refractivity contribution in [2.75, 3.05) is 13.7 Å². The van der Waals surface area contributed by atoms with E-state index in [0.29, 0.717) is 23.5 Å². The monoisotopic (exact) mass is 430 g/mol. The Morgan fingerprint density at radius 1 is 0.968 bits per heavy atom. The van der Waals surface area contributed by atoms with Crippen LogP contribution in [0.4, 0.5) is 0 Å². The van der Waals surface area contributed by atoms with Crippen LogP contribution in [0.1, 0.15) is 69.3 Å². The summed E-state index contributed by atoms with van der Waals surface area (Å²) in [7, 11) is 1.80. The first-order chi connectivity index (χ1) is 15.1. The molecule has 0 radical (unpaired) electrons. The Morgan fingerprint density at radius 2 is 1.58 bits per heavy atom. The summed E-state index contributed by atoms with van der Waals surface area (Å²) in [5.74, 6) is 2.28. The van der Waals surface area contributed by atoms with Gasteiger partial charge in [-0.2, -0.15) is 0 Å². The molecule has 0 aliphatic heterocycles. The van der Waals surface area contributed by atoms with Crippen molar-refractivity contribution in [1.29, 1.82) is 0 Å². The Morgan fingerprint density at radius 3 is 2.13 bits per heavy atom. The molecule has 5 aliphatic rings. The molecule has 5 aliphatic carbocycles. The molecule has 0 unspecified atom stereocenters. The van der Waals surface area contributed by atoms with Crippen molar-refractivity contribution in [1.82, 2.24) is 0 Å². The van der Waals surface area contributed by atoms with E-state index < -0.39 is 11.8 Å². The van der Waals surface area contributed by atoms with Crippen LogP contribution in [-0.4, -0.2) is 36.7 Å². The van der Waals surface area contributed by atoms with Crippen molar-refractivity contribution in [3.05, 3.63) is 29.8 Å². The third kappa shape index (κ3) is 4.22. The fourth-order valence-electron chi connectivity index (χ4n) is 6.96. The maximum absolute atomic E-state index is 10.6. The van der Waals surface area contributed by atoms with Gasteiger partial charge in [0.05, 0.1) is 6.10 Å². The molecule has 170 valence electrons. The van der Waals surface area contributed by atoms with Gasteiger partial charge in [0.2, 0.25) is 5.79 Å². The average Bonchev–Trinajstić information content (AvgIpc) is 2.78. The molecule has 0 heterocycles. The van der Waals surface area contributed by atoms with Gasteiger partial charge in [0.1, 0.15) is 5.75 Å². The van der Waals surface area contributed by atoms with Gasteiger partial charge in [0.15, 0.2) is 6.61 Å². The average molecular weight is 431 g/mol. The van der Waals surface area contributed by atoms with Crippen molar-refractivity contribution < 1.29 is 29.1 Å². The summed E-state index contributed by atoms with van der Waals surface area (Å²) >= 11 is 0. The first-order valence-electron chi connectivity index (χ1n) is 11.9. The Kier molecular flexibility index (Phi) is 5.97. The number of hydrogen-bond acceptors (Lipinski definition) is 5. The number of carboxylic acids is 1. The largest absolute Gasteiger partial charge is 0.482 e. The third-order valence-corrected chi connectivity index (χ3v) is 8.30. The molecule has 0 spiro atoms. The molecule has 0 amide bonds. The van der Waals surface area contributed by atoms with Crippen molar-refractivity contribution in [3.8, 4) is 5.75 Å². The van der Waals surface area contributed by atoms with Crippen molar-refractivity contribution >= 4 is 5.97 Å². The summed E-state index contributed by atoms with van der Waals surface area (Å²) in [6.07, 6.45) is 10.5. The van der Waals surface area contributed by atoms with Crippen LogP contribution in [-0.2, 0) is 19.3 Å². The van der Waals surface area contributed by atoms with Crippen molar-refractivity contribution in [2.45, 2.75) is 75.6 Å². The molecule has 0 aromatic heterocycles. The van der Waals surface area contributed by atoms with E-state index in [2.05, 4.69) is 0 Å². The summed E-state index contributed by atoms with van der Waals surface area (Å²) in [5, 5.41) is 8.72. The molecular formula is C25H34O6. The highest BCUT2D eigenvalue weighted by atomic mass is 17.2. The first kappa shape index (κ1) is 21.2. The van der Waals surface area contributed by atoms with Gasteiger partial charge in [-0.3, -0.25) is 0 Å². The fourth-order valence-corrected chi connectivity index (χ4v) is 6.96. The molecule has 6 rings (SSSR count). The summed E-state index contributed by atoms with van der Waals surface area (Å²) in [6.45, 7) is -0.312. The zero-order valence-corrected chi connectivity index (χ0v) is 18.3. The van der Waals surface area contributed by atoms with E-state index in [0.717, 1.165) is 37.5 Å². The molecule has 31 heavy (non-hydrogen) atoms. The second kappa shape index (κ2) is 8.72. The van der Waals surface area contributed by atoms with Gasteiger partial charge in [-0.25, -0.2) is 14.6 Å². The zero-order chi connectivity index (χ0) is 21.4. The second-order valence-electron chi connectivity index (χ2n) is 10.1. The minimum atomic E-state index is -0.964. The van der Waals surface area contributed by atoms with E-state index in [-0.39, 0.29) is 12.7 Å². The molecule has 5 fully saturated rings. The smallest absolute Gasteiger partial charge is 0.341 e. The summed E-state index contributed by atoms with van der Waals surface area (Å²) in [4.78, 5) is 22.9. The van der Waals surface area contributed by atoms with Gasteiger partial charge in [-0.15, -0.1) is 0 Å². The predicted octanol–water partition coefficient (Wildman–Crippen LogP) is 4.92. The van der Waals surface area contributed by atoms with Crippen LogP contribution in [0.15, 0.2) is 24.3 Å². The third-order valence-electron chi connectivity index (χ3n) is 8.30. The van der Waals surface area contributed by atoms with Crippen LogP contribution < -0.4 is 4.74 Å². The summed E-state index contributed by atoms with van der Waals surface area (Å²) < 4.78 is 11.3. The Hall–Kier alpha value is -1.63. The maximum Gasteiger partial charge on any atom is 0.341 e. The number of aliphatic carboxylic acids is 1. The second-order valence-corrected chi connectivity index (χ2v) is 10.1. The predicted molar refractivity (Wildman–Crippen MR) is 114 cm³/mol. The van der Waals surface area contributed by atoms with E-state index in [1.807, 2.05) is 24.3 Å². The normalized spacial score (nSPS) is 38.9. The highest BCUT2D eigenvalue weighted by Crippen LogP contribution is 2.60. The number of methoxy groups -OCH3 is 1. The lowest BCUT2D eigenvalue weighted by Gasteiger charge is -2.58. The van der Waals surface area contributed by atoms with E-state index in [1.165, 1.54) is 37.7 Å². The van der Waals surface area contributed by atoms with Crippen LogP contribution in [0.5, 0.6) is 5.75 Å². The Balaban J connectivity index is 1.12. The molecule has 1 aromatic rings. The highest BCUT2D eigenvalue weighted by Gasteiger charge is 2.60. The van der Waals surface area contributed by atoms with Crippen molar-refractivity contribution in [3.63, 3.8) is 0 Å². The van der Waals surface area contributed by atoms with Crippen molar-refractivity contribution in [2.24, 2.45) is 23.7 Å². The molecule has 6 nitrogen and oxygen atoms in total. The fraction of sp³-hybridized carbons (Fsp3) is 0.720. The molecule has 1 aromatic carbocycles. The number of rotatable bonds is 8. The number of hydrogen-bond donors (Lipinski definition) is 1. The molecular weight excluding hydrogens is 396 g/mol. The number of carbonyl (C=O) groups is 1. The van der Waals surface area contributed by atoms with E-state index >= 15 is 0 Å². The van der Waals surface area contributed by atoms with Gasteiger partial charge >= 0.3 is 5.97 Å². The van der Waals surface area contributed by atoms with Gasteiger partial charge < -0.3 is 14.6 Å². The van der Waals surface area contributed by atoms with Gasteiger partial charge in [0, 0.05) is 18.9 Å². The molecule has 5 saturated carbocycles. The van der Waals surface area contributed by atoms with Crippen LogP contribution in [0.3, 0.4) is 0 Å². The standard InChI is InChI=1S/C25H34O6/c1-28-25(20-11-16-10-17(13-20)14-21(25)12-16)31-30-23-8-4-19(5-9-23)18-2-6-22(7-3-18)29-15-24(26)27/h2-3,6-7,16-17,19-21,23H,4-5,8-15H2,1H3,(H,26,27). The maximum atomic E-state index is 10.6. The molecule has 0 atom stereocenters. The number of ether oxygens (including phenoxy) is 2. The number of carboxylic acid groups (broad SMARTS) is 1. The summed E-state index contributed by atoms with van der Waals surface area (Å²) in [6, 6.07) is 7.82. The Bertz CT molecular complexity index is 739. The zero-order valence-electron chi connectivity index (χ0n) is 18.3. The Labute approximate surface area is 184 Å². The lowest BCUT2D eigenvalue weighted by molar-refractivity contribution is -0.485. The quantitative estimate of drug-likeness (QED) is 0.358. The first-order valence-corrected chi connectivity index (χ1v) is 11.9. The van der Waals surface area contributed by atoms with Crippen LogP contribution in [0.2, 0.25) is 0 Å². The van der Waals surface area contributed by atoms with Crippen LogP contribution in [0, 0.1) is 23.7 Å². The van der Waals surface area contributed by atoms with Gasteiger partial charge in [-0.05, 0) is 93.2 Å². The number of benzene rings is 1. The van der Waals surface area contributed by atoms with Gasteiger partial charge in [-0.1, -0.05) is 12.1 Å². The van der Waals surface area contributed by atoms with Crippen LogP contribution >= 0.6 is 0 Å². The lowest BCUT2D eigenvalue weighted by atomic mass is 9.53. The minimum absolute atomic E-state index is 0.124. The SMILES string of the molecule is COC1(OOC2CCC(c3ccc(OCC(=O)O)cc3)CC2)C2CC3CC(C2)CC1C3. The van der Waals surface area contributed by atoms with E-state index in [1.54, 1.807) is 7.11 Å². The summed E-state index contributed by atoms with van der Waals surface area (Å²) in [5.41, 5.74) is 1.27. The topological polar surface area (TPSA) is 74.2 Å². The lowest BCUT2D eigenvalue weighted by Crippen LogP contribution is -2.60. The molecule has 6 heteroatoms. The minimum Gasteiger partial charge on any atom is -0.482 e. The highest BCUT2D eigenvalue weighted by molar-refractivity contribution is 5.68. The van der Waals surface area contributed by atoms with E-state index in [9.17, 15) is 4.79 Å². The van der Waals surface area contributed by atoms with Gasteiger partial charge in [0.25, 0.3) is 0 Å².